The molecule has 0 aliphatic carbocycles. The lowest BCUT2D eigenvalue weighted by atomic mass is 9.80. The molecule has 0 saturated carbocycles. The summed E-state index contributed by atoms with van der Waals surface area (Å²) in [6.45, 7) is 0. The predicted octanol–water partition coefficient (Wildman–Crippen LogP) is 4.54. The minimum Gasteiger partial charge on any atom is -0.304 e. The number of hydrogen-bond donors (Lipinski definition) is 2. The van der Waals surface area contributed by atoms with E-state index in [0.29, 0.717) is 5.02 Å². The van der Waals surface area contributed by atoms with E-state index >= 15 is 0 Å². The average Bonchev–Trinajstić information content (AvgIpc) is 2.75. The van der Waals surface area contributed by atoms with Crippen LogP contribution < -0.4 is 5.32 Å². The summed E-state index contributed by atoms with van der Waals surface area (Å²) in [6.07, 6.45) is 1.03. The van der Waals surface area contributed by atoms with Gasteiger partial charge in [0.05, 0.1) is 6.34 Å². The van der Waals surface area contributed by atoms with E-state index in [-0.39, 0.29) is 5.91 Å². The molecule has 1 amide bonds. The topological polar surface area (TPSA) is 56.2 Å². The molecule has 0 radical (unpaired) electrons. The number of halogens is 1. The van der Waals surface area contributed by atoms with E-state index < -0.39 is 5.54 Å². The SMILES string of the molecule is CNC(C(=O)N(C)C=N)(c1ccccc1)c1cccc(-c2cccc(Cl)c2)c1. The molecule has 0 spiro atoms. The minimum atomic E-state index is -1.12. The van der Waals surface area contributed by atoms with Crippen molar-refractivity contribution in [1.29, 1.82) is 5.41 Å². The summed E-state index contributed by atoms with van der Waals surface area (Å²) < 4.78 is 0. The van der Waals surface area contributed by atoms with Crippen molar-refractivity contribution in [3.8, 4) is 11.1 Å². The standard InChI is InChI=1S/C23H22ClN3O/c1-26-23(22(28)27(2)16-25,19-10-4-3-5-11-19)20-12-6-8-17(14-20)18-9-7-13-21(24)15-18/h3-16,25-26H,1-2H3. The van der Waals surface area contributed by atoms with Crippen molar-refractivity contribution in [3.05, 3.63) is 95.0 Å². The van der Waals surface area contributed by atoms with Gasteiger partial charge in [-0.15, -0.1) is 0 Å². The van der Waals surface area contributed by atoms with Crippen molar-refractivity contribution >= 4 is 23.8 Å². The van der Waals surface area contributed by atoms with Crippen LogP contribution in [0.25, 0.3) is 11.1 Å². The van der Waals surface area contributed by atoms with Crippen molar-refractivity contribution < 1.29 is 4.79 Å². The number of carbonyl (C=O) groups is 1. The Morgan fingerprint density at radius 3 is 2.18 bits per heavy atom. The number of nitrogens with one attached hydrogen (secondary N) is 2. The second kappa shape index (κ2) is 8.38. The molecule has 0 saturated heterocycles. The van der Waals surface area contributed by atoms with Gasteiger partial charge in [-0.25, -0.2) is 0 Å². The van der Waals surface area contributed by atoms with Gasteiger partial charge in [0.15, 0.2) is 0 Å². The third-order valence-electron chi connectivity index (χ3n) is 4.87. The van der Waals surface area contributed by atoms with Gasteiger partial charge in [-0.1, -0.05) is 72.3 Å². The Morgan fingerprint density at radius 2 is 1.57 bits per heavy atom. The number of likely N-dealkylation sites (N-methyl/N-ethyl adjacent to an activating group) is 2. The minimum absolute atomic E-state index is 0.237. The van der Waals surface area contributed by atoms with Gasteiger partial charge in [0, 0.05) is 12.1 Å². The largest absolute Gasteiger partial charge is 0.304 e. The van der Waals surface area contributed by atoms with Crippen LogP contribution >= 0.6 is 11.6 Å². The molecule has 28 heavy (non-hydrogen) atoms. The number of carbonyl (C=O) groups excluding carboxylic acids is 1. The molecule has 5 heteroatoms. The molecular weight excluding hydrogens is 370 g/mol. The Morgan fingerprint density at radius 1 is 0.964 bits per heavy atom. The monoisotopic (exact) mass is 391 g/mol. The molecule has 142 valence electrons. The lowest BCUT2D eigenvalue weighted by Gasteiger charge is -2.35. The first-order valence-electron chi connectivity index (χ1n) is 8.91. The Kier molecular flexibility index (Phi) is 5.93. The van der Waals surface area contributed by atoms with Crippen LogP contribution in [-0.4, -0.2) is 31.2 Å². The Balaban J connectivity index is 2.23. The van der Waals surface area contributed by atoms with E-state index in [2.05, 4.69) is 5.32 Å². The highest BCUT2D eigenvalue weighted by molar-refractivity contribution is 6.30. The van der Waals surface area contributed by atoms with Gasteiger partial charge in [-0.3, -0.25) is 15.5 Å². The zero-order chi connectivity index (χ0) is 20.1. The van der Waals surface area contributed by atoms with Crippen molar-refractivity contribution in [1.82, 2.24) is 10.2 Å². The second-order valence-corrected chi connectivity index (χ2v) is 6.94. The summed E-state index contributed by atoms with van der Waals surface area (Å²) in [6, 6.07) is 25.0. The molecule has 3 aromatic carbocycles. The Labute approximate surface area is 170 Å². The number of hydrogen-bond acceptors (Lipinski definition) is 3. The normalized spacial score (nSPS) is 12.8. The maximum absolute atomic E-state index is 13.4. The van der Waals surface area contributed by atoms with E-state index in [4.69, 9.17) is 17.0 Å². The van der Waals surface area contributed by atoms with Gasteiger partial charge >= 0.3 is 0 Å². The number of amides is 1. The van der Waals surface area contributed by atoms with E-state index in [0.717, 1.165) is 28.6 Å². The number of nitrogens with zero attached hydrogens (tertiary/aromatic N) is 1. The molecule has 1 atom stereocenters. The number of benzene rings is 3. The third kappa shape index (κ3) is 3.57. The first-order chi connectivity index (χ1) is 13.5. The van der Waals surface area contributed by atoms with Gasteiger partial charge in [-0.05, 0) is 47.5 Å². The summed E-state index contributed by atoms with van der Waals surface area (Å²) in [7, 11) is 3.35. The van der Waals surface area contributed by atoms with E-state index in [1.165, 1.54) is 4.90 Å². The fourth-order valence-electron chi connectivity index (χ4n) is 3.42. The van der Waals surface area contributed by atoms with Crippen LogP contribution in [0, 0.1) is 5.41 Å². The maximum Gasteiger partial charge on any atom is 0.256 e. The lowest BCUT2D eigenvalue weighted by Crippen LogP contribution is -2.54. The molecule has 2 N–H and O–H groups in total. The summed E-state index contributed by atoms with van der Waals surface area (Å²) in [4.78, 5) is 14.7. The molecule has 3 aromatic rings. The van der Waals surface area contributed by atoms with Crippen LogP contribution in [0.15, 0.2) is 78.9 Å². The van der Waals surface area contributed by atoms with Crippen LogP contribution in [-0.2, 0) is 10.3 Å². The molecule has 3 rings (SSSR count). The highest BCUT2D eigenvalue weighted by Gasteiger charge is 2.42. The molecule has 0 aliphatic rings. The molecule has 0 heterocycles. The van der Waals surface area contributed by atoms with Gasteiger partial charge in [0.25, 0.3) is 5.91 Å². The van der Waals surface area contributed by atoms with Crippen LogP contribution in [0.4, 0.5) is 0 Å². The first kappa shape index (κ1) is 19.8. The van der Waals surface area contributed by atoms with E-state index in [9.17, 15) is 4.79 Å². The summed E-state index contributed by atoms with van der Waals surface area (Å²) in [5, 5.41) is 11.4. The van der Waals surface area contributed by atoms with Crippen LogP contribution in [0.2, 0.25) is 5.02 Å². The summed E-state index contributed by atoms with van der Waals surface area (Å²) in [5.41, 5.74) is 2.40. The van der Waals surface area contributed by atoms with Crippen LogP contribution in [0.1, 0.15) is 11.1 Å². The number of rotatable bonds is 6. The maximum atomic E-state index is 13.4. The molecule has 0 aliphatic heterocycles. The van der Waals surface area contributed by atoms with E-state index in [1.54, 1.807) is 14.1 Å². The average molecular weight is 392 g/mol. The quantitative estimate of drug-likeness (QED) is 0.479. The van der Waals surface area contributed by atoms with Gasteiger partial charge in [-0.2, -0.15) is 0 Å². The summed E-state index contributed by atoms with van der Waals surface area (Å²) >= 11 is 6.16. The molecule has 1 unspecified atom stereocenters. The molecule has 0 fully saturated rings. The molecule has 4 nitrogen and oxygen atoms in total. The van der Waals surface area contributed by atoms with Crippen molar-refractivity contribution in [2.45, 2.75) is 5.54 Å². The second-order valence-electron chi connectivity index (χ2n) is 6.50. The molecule has 0 aromatic heterocycles. The van der Waals surface area contributed by atoms with Crippen LogP contribution in [0.3, 0.4) is 0 Å². The zero-order valence-corrected chi connectivity index (χ0v) is 16.6. The van der Waals surface area contributed by atoms with Crippen molar-refractivity contribution in [2.24, 2.45) is 0 Å². The molecular formula is C23H22ClN3O. The van der Waals surface area contributed by atoms with Gasteiger partial charge in [0.1, 0.15) is 5.54 Å². The summed E-state index contributed by atoms with van der Waals surface area (Å²) in [5.74, 6) is -0.237. The molecule has 0 bridgehead atoms. The van der Waals surface area contributed by atoms with Crippen molar-refractivity contribution in [3.63, 3.8) is 0 Å². The van der Waals surface area contributed by atoms with Gasteiger partial charge in [0.2, 0.25) is 0 Å². The van der Waals surface area contributed by atoms with Crippen molar-refractivity contribution in [2.75, 3.05) is 14.1 Å². The Hall–Kier alpha value is -2.95. The fraction of sp³-hybridized carbons (Fsp3) is 0.130. The zero-order valence-electron chi connectivity index (χ0n) is 15.8. The van der Waals surface area contributed by atoms with Gasteiger partial charge < -0.3 is 4.90 Å². The van der Waals surface area contributed by atoms with Crippen LogP contribution in [0.5, 0.6) is 0 Å². The third-order valence-corrected chi connectivity index (χ3v) is 5.11. The lowest BCUT2D eigenvalue weighted by molar-refractivity contribution is -0.131. The first-order valence-corrected chi connectivity index (χ1v) is 9.29. The fourth-order valence-corrected chi connectivity index (χ4v) is 3.61. The Bertz CT molecular complexity index is 990. The highest BCUT2D eigenvalue weighted by atomic mass is 35.5. The smallest absolute Gasteiger partial charge is 0.256 e. The van der Waals surface area contributed by atoms with E-state index in [1.807, 2.05) is 78.9 Å². The highest BCUT2D eigenvalue weighted by Crippen LogP contribution is 2.34. The predicted molar refractivity (Wildman–Crippen MR) is 115 cm³/mol.